The van der Waals surface area contributed by atoms with Crippen LogP contribution >= 0.6 is 15.9 Å². The van der Waals surface area contributed by atoms with E-state index in [1.165, 1.54) is 11.1 Å². The Kier molecular flexibility index (Phi) is 4.61. The topological polar surface area (TPSA) is 12.0 Å². The average Bonchev–Trinajstić information content (AvgIpc) is 2.37. The average molecular weight is 336 g/mol. The van der Waals surface area contributed by atoms with Crippen LogP contribution in [0.4, 0.5) is 4.39 Å². The highest BCUT2D eigenvalue weighted by atomic mass is 79.9. The normalized spacial score (nSPS) is 12.5. The van der Waals surface area contributed by atoms with Gasteiger partial charge >= 0.3 is 0 Å². The minimum atomic E-state index is -0.175. The van der Waals surface area contributed by atoms with Crippen molar-refractivity contribution in [2.75, 3.05) is 7.05 Å². The summed E-state index contributed by atoms with van der Waals surface area (Å²) in [7, 11) is 1.93. The molecule has 0 aliphatic heterocycles. The van der Waals surface area contributed by atoms with Crippen LogP contribution in [0, 0.1) is 26.6 Å². The molecule has 20 heavy (non-hydrogen) atoms. The summed E-state index contributed by atoms with van der Waals surface area (Å²) in [5.74, 6) is -0.175. The molecule has 1 unspecified atom stereocenters. The molecule has 1 N–H and O–H groups in total. The molecule has 0 aromatic heterocycles. The van der Waals surface area contributed by atoms with Gasteiger partial charge in [0.05, 0.1) is 6.04 Å². The van der Waals surface area contributed by atoms with Gasteiger partial charge < -0.3 is 5.32 Å². The van der Waals surface area contributed by atoms with E-state index in [-0.39, 0.29) is 11.9 Å². The Morgan fingerprint density at radius 1 is 1.00 bits per heavy atom. The van der Waals surface area contributed by atoms with Gasteiger partial charge in [0, 0.05) is 4.47 Å². The van der Waals surface area contributed by atoms with Crippen molar-refractivity contribution in [2.45, 2.75) is 26.8 Å². The van der Waals surface area contributed by atoms with Gasteiger partial charge in [0.2, 0.25) is 0 Å². The van der Waals surface area contributed by atoms with E-state index in [1.807, 2.05) is 20.9 Å². The standard InChI is InChI=1S/C17H19BrFN/c1-10-7-13(5-6-15(10)18)17(20-4)16-11(2)8-14(19)9-12(16)3/h5-9,17,20H,1-4H3. The Morgan fingerprint density at radius 2 is 1.60 bits per heavy atom. The molecular formula is C17H19BrFN. The van der Waals surface area contributed by atoms with Crippen LogP contribution in [0.2, 0.25) is 0 Å². The summed E-state index contributed by atoms with van der Waals surface area (Å²) in [4.78, 5) is 0. The maximum atomic E-state index is 13.5. The molecule has 0 saturated carbocycles. The Bertz CT molecular complexity index is 614. The highest BCUT2D eigenvalue weighted by molar-refractivity contribution is 9.10. The summed E-state index contributed by atoms with van der Waals surface area (Å²) in [6.07, 6.45) is 0. The predicted molar refractivity (Wildman–Crippen MR) is 85.7 cm³/mol. The van der Waals surface area contributed by atoms with Gasteiger partial charge in [-0.3, -0.25) is 0 Å². The van der Waals surface area contributed by atoms with Crippen LogP contribution < -0.4 is 5.32 Å². The van der Waals surface area contributed by atoms with Crippen LogP contribution in [0.1, 0.15) is 33.9 Å². The fourth-order valence-electron chi connectivity index (χ4n) is 2.70. The lowest BCUT2D eigenvalue weighted by Crippen LogP contribution is -2.20. The first-order valence-electron chi connectivity index (χ1n) is 6.64. The molecule has 2 rings (SSSR count). The summed E-state index contributed by atoms with van der Waals surface area (Å²) < 4.78 is 14.6. The summed E-state index contributed by atoms with van der Waals surface area (Å²) in [5, 5.41) is 3.34. The van der Waals surface area contributed by atoms with Crippen molar-refractivity contribution in [3.8, 4) is 0 Å². The van der Waals surface area contributed by atoms with E-state index >= 15 is 0 Å². The molecule has 3 heteroatoms. The minimum Gasteiger partial charge on any atom is -0.309 e. The fraction of sp³-hybridized carbons (Fsp3) is 0.294. The number of halogens is 2. The third-order valence-electron chi connectivity index (χ3n) is 3.65. The molecule has 0 heterocycles. The minimum absolute atomic E-state index is 0.0717. The van der Waals surface area contributed by atoms with Crippen LogP contribution in [0.5, 0.6) is 0 Å². The van der Waals surface area contributed by atoms with Crippen LogP contribution in [0.25, 0.3) is 0 Å². The Morgan fingerprint density at radius 3 is 2.10 bits per heavy atom. The molecule has 2 aromatic rings. The van der Waals surface area contributed by atoms with Gasteiger partial charge in [0.25, 0.3) is 0 Å². The van der Waals surface area contributed by atoms with Gasteiger partial charge in [0.1, 0.15) is 5.82 Å². The van der Waals surface area contributed by atoms with E-state index in [1.54, 1.807) is 12.1 Å². The largest absolute Gasteiger partial charge is 0.309 e. The van der Waals surface area contributed by atoms with E-state index in [0.717, 1.165) is 21.2 Å². The third kappa shape index (κ3) is 2.94. The van der Waals surface area contributed by atoms with Crippen LogP contribution in [-0.2, 0) is 0 Å². The molecule has 0 saturated heterocycles. The van der Waals surface area contributed by atoms with Crippen molar-refractivity contribution in [1.29, 1.82) is 0 Å². The zero-order valence-corrected chi connectivity index (χ0v) is 13.8. The second-order valence-electron chi connectivity index (χ2n) is 5.18. The molecular weight excluding hydrogens is 317 g/mol. The summed E-state index contributed by atoms with van der Waals surface area (Å²) in [6, 6.07) is 9.58. The Balaban J connectivity index is 2.55. The van der Waals surface area contributed by atoms with Gasteiger partial charge in [-0.1, -0.05) is 28.1 Å². The van der Waals surface area contributed by atoms with Crippen molar-refractivity contribution >= 4 is 15.9 Å². The summed E-state index contributed by atoms with van der Waals surface area (Å²) >= 11 is 3.53. The molecule has 1 atom stereocenters. The molecule has 106 valence electrons. The number of hydrogen-bond acceptors (Lipinski definition) is 1. The van der Waals surface area contributed by atoms with E-state index < -0.39 is 0 Å². The lowest BCUT2D eigenvalue weighted by atomic mass is 9.90. The number of hydrogen-bond donors (Lipinski definition) is 1. The lowest BCUT2D eigenvalue weighted by molar-refractivity contribution is 0.618. The van der Waals surface area contributed by atoms with Gasteiger partial charge in [-0.15, -0.1) is 0 Å². The molecule has 0 radical (unpaired) electrons. The van der Waals surface area contributed by atoms with Crippen LogP contribution in [-0.4, -0.2) is 7.05 Å². The maximum absolute atomic E-state index is 13.5. The number of rotatable bonds is 3. The van der Waals surface area contributed by atoms with Gasteiger partial charge in [-0.25, -0.2) is 4.39 Å². The first-order valence-corrected chi connectivity index (χ1v) is 7.43. The van der Waals surface area contributed by atoms with Crippen molar-refractivity contribution in [3.63, 3.8) is 0 Å². The van der Waals surface area contributed by atoms with Crippen molar-refractivity contribution in [3.05, 3.63) is 68.4 Å². The van der Waals surface area contributed by atoms with Crippen molar-refractivity contribution in [1.82, 2.24) is 5.32 Å². The second kappa shape index (κ2) is 6.06. The molecule has 0 spiro atoms. The highest BCUT2D eigenvalue weighted by Crippen LogP contribution is 2.30. The fourth-order valence-corrected chi connectivity index (χ4v) is 2.95. The van der Waals surface area contributed by atoms with Gasteiger partial charge in [0.15, 0.2) is 0 Å². The van der Waals surface area contributed by atoms with Gasteiger partial charge in [-0.05, 0) is 73.8 Å². The first-order chi connectivity index (χ1) is 9.43. The monoisotopic (exact) mass is 335 g/mol. The van der Waals surface area contributed by atoms with E-state index in [0.29, 0.717) is 0 Å². The van der Waals surface area contributed by atoms with Crippen molar-refractivity contribution < 1.29 is 4.39 Å². The smallest absolute Gasteiger partial charge is 0.123 e. The number of aryl methyl sites for hydroxylation is 3. The zero-order valence-electron chi connectivity index (χ0n) is 12.2. The molecule has 0 fully saturated rings. The predicted octanol–water partition coefficient (Wildman–Crippen LogP) is 4.82. The van der Waals surface area contributed by atoms with Crippen LogP contribution in [0.3, 0.4) is 0 Å². The number of nitrogens with one attached hydrogen (secondary N) is 1. The molecule has 0 amide bonds. The first kappa shape index (κ1) is 15.2. The highest BCUT2D eigenvalue weighted by Gasteiger charge is 2.18. The summed E-state index contributed by atoms with van der Waals surface area (Å²) in [5.41, 5.74) is 5.48. The molecule has 0 aliphatic rings. The molecule has 2 aromatic carbocycles. The van der Waals surface area contributed by atoms with E-state index in [2.05, 4.69) is 46.4 Å². The SMILES string of the molecule is CNC(c1ccc(Br)c(C)c1)c1c(C)cc(F)cc1C. The Labute approximate surface area is 128 Å². The number of benzene rings is 2. The Hall–Kier alpha value is -1.19. The lowest BCUT2D eigenvalue weighted by Gasteiger charge is -2.22. The molecule has 1 nitrogen and oxygen atoms in total. The van der Waals surface area contributed by atoms with Crippen molar-refractivity contribution in [2.24, 2.45) is 0 Å². The van der Waals surface area contributed by atoms with E-state index in [4.69, 9.17) is 0 Å². The molecule has 0 aliphatic carbocycles. The quantitative estimate of drug-likeness (QED) is 0.847. The summed E-state index contributed by atoms with van der Waals surface area (Å²) in [6.45, 7) is 5.99. The van der Waals surface area contributed by atoms with Crippen LogP contribution in [0.15, 0.2) is 34.8 Å². The third-order valence-corrected chi connectivity index (χ3v) is 4.54. The zero-order chi connectivity index (χ0) is 14.9. The van der Waals surface area contributed by atoms with E-state index in [9.17, 15) is 4.39 Å². The second-order valence-corrected chi connectivity index (χ2v) is 6.04. The maximum Gasteiger partial charge on any atom is 0.123 e. The molecule has 0 bridgehead atoms. The van der Waals surface area contributed by atoms with Gasteiger partial charge in [-0.2, -0.15) is 0 Å².